The fourth-order valence-electron chi connectivity index (χ4n) is 4.82. The lowest BCUT2D eigenvalue weighted by Crippen LogP contribution is -2.43. The number of methoxy groups -OCH3 is 1. The van der Waals surface area contributed by atoms with Gasteiger partial charge >= 0.3 is 12.1 Å². The highest BCUT2D eigenvalue weighted by Gasteiger charge is 2.30. The van der Waals surface area contributed by atoms with Gasteiger partial charge in [-0.25, -0.2) is 19.6 Å². The lowest BCUT2D eigenvalue weighted by atomic mass is 9.99. The van der Waals surface area contributed by atoms with Gasteiger partial charge in [0, 0.05) is 28.8 Å². The first-order valence-electron chi connectivity index (χ1n) is 14.0. The molecule has 0 spiro atoms. The van der Waals surface area contributed by atoms with Gasteiger partial charge in [-0.15, -0.1) is 0 Å². The van der Waals surface area contributed by atoms with Crippen LogP contribution in [0.1, 0.15) is 54.5 Å². The fourth-order valence-corrected chi connectivity index (χ4v) is 4.82. The van der Waals surface area contributed by atoms with Crippen LogP contribution >= 0.6 is 0 Å². The van der Waals surface area contributed by atoms with E-state index in [0.29, 0.717) is 16.3 Å². The third kappa shape index (κ3) is 7.53. The van der Waals surface area contributed by atoms with E-state index in [4.69, 9.17) is 9.47 Å². The van der Waals surface area contributed by atoms with Crippen LogP contribution < -0.4 is 10.2 Å². The summed E-state index contributed by atoms with van der Waals surface area (Å²) in [6.07, 6.45) is 2.48. The maximum atomic E-state index is 13.5. The standard InChI is InChI=1S/C32H36N6O5/c1-20(18-33)19-38(31(41)43-32(2,3)4)27-24(30(40)42-6)10-9-21-7-8-22(17-25(21)27)28-34-14-11-26(36-28)29(39)35-23-12-15-37(5)16-13-23/h7-11,14,17,23H,1,12-13,15-16,19H2,2-6H3,(H,35,39). The molecular formula is C32H36N6O5. The molecule has 1 aromatic heterocycles. The van der Waals surface area contributed by atoms with E-state index in [0.717, 1.165) is 25.9 Å². The van der Waals surface area contributed by atoms with Gasteiger partial charge in [-0.1, -0.05) is 24.8 Å². The third-order valence-electron chi connectivity index (χ3n) is 6.99. The molecule has 4 rings (SSSR count). The molecule has 1 fully saturated rings. The lowest BCUT2D eigenvalue weighted by Gasteiger charge is -2.29. The number of carbonyl (C=O) groups is 3. The van der Waals surface area contributed by atoms with E-state index in [9.17, 15) is 19.6 Å². The van der Waals surface area contributed by atoms with E-state index in [1.54, 1.807) is 57.2 Å². The van der Waals surface area contributed by atoms with E-state index < -0.39 is 17.7 Å². The number of nitrogens with one attached hydrogen (secondary N) is 1. The summed E-state index contributed by atoms with van der Waals surface area (Å²) in [6, 6.07) is 12.2. The highest BCUT2D eigenvalue weighted by Crippen LogP contribution is 2.35. The summed E-state index contributed by atoms with van der Waals surface area (Å²) in [5, 5.41) is 13.7. The van der Waals surface area contributed by atoms with Gasteiger partial charge in [-0.05, 0) is 77.3 Å². The Morgan fingerprint density at radius 3 is 2.51 bits per heavy atom. The first-order chi connectivity index (χ1) is 20.4. The number of fused-ring (bicyclic) bond motifs is 1. The number of carbonyl (C=O) groups excluding carboxylic acids is 3. The van der Waals surface area contributed by atoms with E-state index in [-0.39, 0.29) is 46.8 Å². The Labute approximate surface area is 251 Å². The van der Waals surface area contributed by atoms with Crippen LogP contribution in [-0.4, -0.2) is 78.3 Å². The lowest BCUT2D eigenvalue weighted by molar-refractivity contribution is 0.0582. The highest BCUT2D eigenvalue weighted by atomic mass is 16.6. The largest absolute Gasteiger partial charge is 0.465 e. The van der Waals surface area contributed by atoms with Crippen LogP contribution in [0.5, 0.6) is 0 Å². The van der Waals surface area contributed by atoms with Crippen molar-refractivity contribution < 1.29 is 23.9 Å². The van der Waals surface area contributed by atoms with Crippen LogP contribution in [0.2, 0.25) is 0 Å². The van der Waals surface area contributed by atoms with Gasteiger partial charge in [0.15, 0.2) is 5.82 Å². The number of hydrogen-bond acceptors (Lipinski definition) is 9. The molecule has 0 unspecified atom stereocenters. The Balaban J connectivity index is 1.80. The smallest absolute Gasteiger partial charge is 0.415 e. The van der Waals surface area contributed by atoms with Gasteiger partial charge in [0.1, 0.15) is 11.3 Å². The number of nitriles is 1. The van der Waals surface area contributed by atoms with Crippen molar-refractivity contribution in [1.29, 1.82) is 5.26 Å². The minimum absolute atomic E-state index is 0.0732. The number of esters is 1. The second-order valence-corrected chi connectivity index (χ2v) is 11.5. The molecule has 0 saturated carbocycles. The van der Waals surface area contributed by atoms with Crippen molar-refractivity contribution in [2.24, 2.45) is 0 Å². The van der Waals surface area contributed by atoms with Gasteiger partial charge < -0.3 is 19.7 Å². The van der Waals surface area contributed by atoms with Crippen molar-refractivity contribution >= 4 is 34.4 Å². The average molecular weight is 585 g/mol. The minimum atomic E-state index is -0.854. The van der Waals surface area contributed by atoms with E-state index in [2.05, 4.69) is 33.8 Å². The Morgan fingerprint density at radius 2 is 1.86 bits per heavy atom. The molecule has 1 saturated heterocycles. The molecule has 43 heavy (non-hydrogen) atoms. The molecule has 2 amide bonds. The average Bonchev–Trinajstić information content (AvgIpc) is 2.98. The van der Waals surface area contributed by atoms with Crippen LogP contribution in [0.15, 0.2) is 54.7 Å². The zero-order chi connectivity index (χ0) is 31.3. The van der Waals surface area contributed by atoms with E-state index >= 15 is 0 Å². The molecule has 0 bridgehead atoms. The maximum absolute atomic E-state index is 13.5. The van der Waals surface area contributed by atoms with Crippen molar-refractivity contribution in [3.8, 4) is 17.5 Å². The number of aromatic nitrogens is 2. The molecule has 224 valence electrons. The number of amides is 2. The Morgan fingerprint density at radius 1 is 1.16 bits per heavy atom. The third-order valence-corrected chi connectivity index (χ3v) is 6.99. The molecular weight excluding hydrogens is 548 g/mol. The van der Waals surface area contributed by atoms with Gasteiger partial charge in [-0.2, -0.15) is 5.26 Å². The number of anilines is 1. The van der Waals surface area contributed by atoms with Gasteiger partial charge in [-0.3, -0.25) is 9.69 Å². The predicted octanol–water partition coefficient (Wildman–Crippen LogP) is 4.73. The van der Waals surface area contributed by atoms with E-state index in [1.165, 1.54) is 18.2 Å². The molecule has 3 aromatic rings. The van der Waals surface area contributed by atoms with Crippen molar-refractivity contribution in [2.45, 2.75) is 45.3 Å². The summed E-state index contributed by atoms with van der Waals surface area (Å²) < 4.78 is 10.7. The predicted molar refractivity (Wildman–Crippen MR) is 163 cm³/mol. The van der Waals surface area contributed by atoms with Gasteiger partial charge in [0.05, 0.1) is 31.0 Å². The molecule has 11 nitrogen and oxygen atoms in total. The number of rotatable bonds is 7. The van der Waals surface area contributed by atoms with Crippen molar-refractivity contribution in [1.82, 2.24) is 20.2 Å². The molecule has 1 N–H and O–H groups in total. The molecule has 1 aliphatic heterocycles. The summed E-state index contributed by atoms with van der Waals surface area (Å²) in [4.78, 5) is 51.9. The highest BCUT2D eigenvalue weighted by molar-refractivity contribution is 6.12. The molecule has 2 aromatic carbocycles. The van der Waals surface area contributed by atoms with Crippen LogP contribution in [0, 0.1) is 11.3 Å². The first kappa shape index (κ1) is 31.1. The zero-order valence-electron chi connectivity index (χ0n) is 25.1. The van der Waals surface area contributed by atoms with Crippen LogP contribution in [-0.2, 0) is 9.47 Å². The van der Waals surface area contributed by atoms with Crippen LogP contribution in [0.3, 0.4) is 0 Å². The van der Waals surface area contributed by atoms with Crippen molar-refractivity contribution in [3.63, 3.8) is 0 Å². The van der Waals surface area contributed by atoms with Crippen LogP contribution in [0.25, 0.3) is 22.2 Å². The number of benzene rings is 2. The second-order valence-electron chi connectivity index (χ2n) is 11.5. The summed E-state index contributed by atoms with van der Waals surface area (Å²) in [5.74, 6) is -0.668. The Kier molecular flexibility index (Phi) is 9.41. The number of likely N-dealkylation sites (tertiary alicyclic amines) is 1. The topological polar surface area (TPSA) is 138 Å². The number of nitrogens with zero attached hydrogens (tertiary/aromatic N) is 5. The Hall–Kier alpha value is -4.82. The summed E-state index contributed by atoms with van der Waals surface area (Å²) in [6.45, 7) is 10.5. The van der Waals surface area contributed by atoms with Crippen LogP contribution in [0.4, 0.5) is 10.5 Å². The maximum Gasteiger partial charge on any atom is 0.415 e. The van der Waals surface area contributed by atoms with E-state index in [1.807, 2.05) is 6.07 Å². The molecule has 1 aliphatic rings. The van der Waals surface area contributed by atoms with Crippen molar-refractivity contribution in [2.75, 3.05) is 38.7 Å². The summed E-state index contributed by atoms with van der Waals surface area (Å²) in [5.41, 5.74) is 0.291. The molecule has 11 heteroatoms. The quantitative estimate of drug-likeness (QED) is 0.309. The van der Waals surface area contributed by atoms with Gasteiger partial charge in [0.2, 0.25) is 0 Å². The first-order valence-corrected chi connectivity index (χ1v) is 14.0. The van der Waals surface area contributed by atoms with Gasteiger partial charge in [0.25, 0.3) is 5.91 Å². The number of ether oxygens (including phenoxy) is 2. The second kappa shape index (κ2) is 13.0. The normalized spacial score (nSPS) is 14.0. The monoisotopic (exact) mass is 584 g/mol. The van der Waals surface area contributed by atoms with Crippen molar-refractivity contribution in [3.05, 3.63) is 66.0 Å². The molecule has 0 atom stereocenters. The molecule has 0 radical (unpaired) electrons. The summed E-state index contributed by atoms with van der Waals surface area (Å²) in [7, 11) is 3.30. The summed E-state index contributed by atoms with van der Waals surface area (Å²) >= 11 is 0. The fraction of sp³-hybridized carbons (Fsp3) is 0.375. The molecule has 0 aliphatic carbocycles. The number of piperidine rings is 1. The SMILES string of the molecule is C=C(C#N)CN(C(=O)OC(C)(C)C)c1c(C(=O)OC)ccc2ccc(-c3nccc(C(=O)NC4CCN(C)CC4)n3)cc12. The zero-order valence-corrected chi connectivity index (χ0v) is 25.1. The molecule has 2 heterocycles. The number of hydrogen-bond donors (Lipinski definition) is 1. The Bertz CT molecular complexity index is 1600. The minimum Gasteiger partial charge on any atom is -0.465 e.